The number of hydrogen-bond donors (Lipinski definition) is 2. The first-order valence-electron chi connectivity index (χ1n) is 49.4. The minimum Gasteiger partial charge on any atom is -0.324 e. The second-order valence-corrected chi connectivity index (χ2v) is 56.6. The molecule has 0 atom stereocenters. The van der Waals surface area contributed by atoms with Crippen LogP contribution in [-0.2, 0) is 46.5 Å². The number of nitrogens with zero attached hydrogens (tertiary/aromatic N) is 6. The van der Waals surface area contributed by atoms with Gasteiger partial charge in [-0.2, -0.15) is 0 Å². The molecule has 0 fully saturated rings. The van der Waals surface area contributed by atoms with Crippen LogP contribution in [0, 0.1) is 0 Å². The summed E-state index contributed by atoms with van der Waals surface area (Å²) < 4.78 is 62.2. The predicted octanol–water partition coefficient (Wildman–Crippen LogP) is 29.8. The molecule has 2 N–H and O–H groups in total. The quantitative estimate of drug-likeness (QED) is 0.0271. The van der Waals surface area contributed by atoms with Gasteiger partial charge in [-0.3, -0.25) is 0 Å². The van der Waals surface area contributed by atoms with Gasteiger partial charge in [-0.25, -0.2) is 29.9 Å². The molecular weight excluding hydrogens is 1540 g/mol. The van der Waals surface area contributed by atoms with Gasteiger partial charge >= 0.3 is 507 Å². The van der Waals surface area contributed by atoms with Gasteiger partial charge in [0.2, 0.25) is 0 Å². The molecule has 5 heterocycles. The van der Waals surface area contributed by atoms with Gasteiger partial charge < -0.3 is 9.97 Å². The molecule has 682 valence electrons. The molecule has 121 heavy (non-hydrogen) atoms. The number of fused-ring (bicyclic) bond motifs is 20. The van der Waals surface area contributed by atoms with Gasteiger partial charge in [-0.05, 0) is 0 Å². The summed E-state index contributed by atoms with van der Waals surface area (Å²) in [5.74, 6) is 2.39. The Morgan fingerprint density at radius 1 is 0.190 bits per heavy atom. The number of aromatic amines is 2. The van der Waals surface area contributed by atoms with E-state index in [-0.39, 0.29) is 0 Å². The number of nitrogens with one attached hydrogen (secondary N) is 2. The van der Waals surface area contributed by atoms with E-state index in [0.717, 1.165) is 147 Å². The summed E-state index contributed by atoms with van der Waals surface area (Å²) in [6, 6.07) is 32.2. The van der Waals surface area contributed by atoms with Crippen molar-refractivity contribution in [3.8, 4) is 45.6 Å². The van der Waals surface area contributed by atoms with Crippen LogP contribution >= 0.6 is 0 Å². The summed E-state index contributed by atoms with van der Waals surface area (Å²) >= 11 is 0. The van der Waals surface area contributed by atoms with Crippen LogP contribution in [-0.4, -0.2) is 137 Å². The first-order chi connectivity index (χ1) is 59.5. The van der Waals surface area contributed by atoms with E-state index in [1.54, 1.807) is 0 Å². The molecule has 0 aliphatic carbocycles. The van der Waals surface area contributed by atoms with Crippen LogP contribution in [0.5, 0.6) is 0 Å². The van der Waals surface area contributed by atoms with Gasteiger partial charge in [-0.1, -0.05) is 97.1 Å². The van der Waals surface area contributed by atoms with Crippen molar-refractivity contribution >= 4 is 44.1 Å². The van der Waals surface area contributed by atoms with Gasteiger partial charge in [-0.15, -0.1) is 0 Å². The molecular formula is C104H170MnN8O8-. The molecule has 0 amide bonds. The molecule has 2 aliphatic heterocycles. The molecule has 0 spiro atoms. The van der Waals surface area contributed by atoms with E-state index in [0.29, 0.717) is 143 Å². The van der Waals surface area contributed by atoms with Gasteiger partial charge in [0.05, 0.1) is 0 Å². The fourth-order valence-electron chi connectivity index (χ4n) is 17.8. The Labute approximate surface area is 729 Å². The molecule has 0 radical (unpaired) electrons. The fraction of sp³-hybridized carbons (Fsp3) is 0.692. The zero-order valence-corrected chi connectivity index (χ0v) is 79.0. The Balaban J connectivity index is 0.000000369. The van der Waals surface area contributed by atoms with Crippen LogP contribution in [0.25, 0.3) is 89.7 Å². The molecule has 4 aromatic carbocycles. The summed E-state index contributed by atoms with van der Waals surface area (Å²) in [6.07, 6.45) is 57.9. The molecule has 8 bridgehead atoms. The van der Waals surface area contributed by atoms with Gasteiger partial charge in [0.15, 0.2) is 23.3 Å². The summed E-state index contributed by atoms with van der Waals surface area (Å²) in [7, 11) is -6.63. The Bertz CT molecular complexity index is 3580. The van der Waals surface area contributed by atoms with E-state index in [1.165, 1.54) is 205 Å². The van der Waals surface area contributed by atoms with Crippen LogP contribution in [0.2, 0.25) is 0 Å². The summed E-state index contributed by atoms with van der Waals surface area (Å²) in [4.78, 5) is 36.8. The third kappa shape index (κ3) is 29.2. The van der Waals surface area contributed by atoms with Crippen molar-refractivity contribution in [3.63, 3.8) is 0 Å². The first-order valence-corrected chi connectivity index (χ1v) is 56.1. The van der Waals surface area contributed by atoms with Gasteiger partial charge in [0.1, 0.15) is 22.6 Å². The second-order valence-electron chi connectivity index (χ2n) is 37.4. The molecule has 16 nitrogen and oxygen atoms in total. The topological polar surface area (TPSA) is 183 Å². The minimum absolute atomic E-state index is 0.385. The van der Waals surface area contributed by atoms with Crippen molar-refractivity contribution < 1.29 is 46.5 Å². The van der Waals surface area contributed by atoms with E-state index in [4.69, 9.17) is 67.8 Å². The number of H-pyrrole nitrogens is 2. The molecule has 17 heteroatoms. The zero-order chi connectivity index (χ0) is 85.5. The summed E-state index contributed by atoms with van der Waals surface area (Å²) in [5.41, 5.74) is 9.53. The van der Waals surface area contributed by atoms with Crippen LogP contribution < -0.4 is 0 Å². The second kappa shape index (κ2) is 53.2. The van der Waals surface area contributed by atoms with Crippen LogP contribution in [0.3, 0.4) is 0 Å². The van der Waals surface area contributed by atoms with Crippen LogP contribution in [0.4, 0.5) is 0 Å². The van der Waals surface area contributed by atoms with Crippen LogP contribution in [0.1, 0.15) is 364 Å². The van der Waals surface area contributed by atoms with Gasteiger partial charge in [0.25, 0.3) is 0 Å². The van der Waals surface area contributed by atoms with Crippen molar-refractivity contribution in [2.45, 2.75) is 364 Å². The van der Waals surface area contributed by atoms with E-state index >= 15 is 0 Å². The summed E-state index contributed by atoms with van der Waals surface area (Å²) in [5, 5.41) is 3.82. The molecule has 0 saturated carbocycles. The summed E-state index contributed by atoms with van der Waals surface area (Å²) in [6.45, 7) is 23.8. The average molecular weight is 1720 g/mol. The Morgan fingerprint density at radius 2 is 0.339 bits per heavy atom. The normalized spacial score (nSPS) is 13.4. The maximum Gasteiger partial charge on any atom is 0.164 e. The number of ether oxygens (including phenoxy) is 8. The molecule has 3 aromatic heterocycles. The number of aromatic nitrogens is 8. The first kappa shape index (κ1) is 101. The number of benzene rings is 4. The third-order valence-corrected chi connectivity index (χ3v) is 41.0. The van der Waals surface area contributed by atoms with Crippen molar-refractivity contribution in [3.05, 3.63) is 97.1 Å². The number of rotatable bonds is 72. The molecule has 9 rings (SSSR count). The maximum absolute atomic E-state index is 7.78. The van der Waals surface area contributed by atoms with E-state index in [2.05, 4.69) is 65.4 Å². The zero-order valence-electron chi connectivity index (χ0n) is 77.8. The van der Waals surface area contributed by atoms with E-state index in [1.807, 2.05) is 97.1 Å². The van der Waals surface area contributed by atoms with Crippen molar-refractivity contribution in [2.75, 3.05) is 96.9 Å². The Morgan fingerprint density at radius 3 is 0.504 bits per heavy atom. The Hall–Kier alpha value is -5.56. The molecule has 7 aromatic rings. The fourth-order valence-corrected chi connectivity index (χ4v) is 31.5. The van der Waals surface area contributed by atoms with E-state index in [9.17, 15) is 0 Å². The van der Waals surface area contributed by atoms with Crippen molar-refractivity contribution in [1.82, 2.24) is 39.9 Å². The standard InChI is InChI=1S/C32H18N8.8C9H19O.Mn/c1-2-10-18-17(9-1)25-33-26(18)38-28-21-13-5-6-14-22(21)30(35-28)40-32-24-16-8-7-15-23(24)31(36-32)39-29-20-12-4-3-11-19(20)27(34-29)37-25;8*1-3-4-5-6-7-8-9-10-2;/h1-16H,(H2,33,34,35,36,37,38,39,40);8*2-9H2,1H3;/q;;;;;;;;;-1. The smallest absolute Gasteiger partial charge is 0.164 e. The Kier molecular flexibility index (Phi) is 44.3. The average Bonchev–Trinajstić information content (AvgIpc) is 0.934. The minimum atomic E-state index is -6.63. The van der Waals surface area contributed by atoms with Crippen LogP contribution in [0.15, 0.2) is 97.1 Å². The SMILES string of the molecule is CCCCCCCCO[CH2][Mn-]([CH2]OCCCCCCCC)([CH2]OCCCCCCCC)([CH2]OCCCCCCCC)([CH2]OCCCCCCCC)([CH2]OCCCCCCCC)([CH2]OCCCCCCCC)[CH2]OCCCCCCCC.c1ccc2c(c1)-c1nc-2nc2[nH]c(nc3nc(nc4[nH]c(n1)c1ccccc41)-c1ccccc1-3)c1ccccc21. The van der Waals surface area contributed by atoms with Crippen molar-refractivity contribution in [2.24, 2.45) is 0 Å². The maximum atomic E-state index is 7.78. The number of hydrogen-bond acceptors (Lipinski definition) is 14. The number of unbranched alkanes of at least 4 members (excludes halogenated alkanes) is 40. The van der Waals surface area contributed by atoms with E-state index < -0.39 is 8.62 Å². The largest absolute Gasteiger partial charge is 0.324 e. The molecule has 0 unspecified atom stereocenters. The predicted molar refractivity (Wildman–Crippen MR) is 510 cm³/mol. The molecule has 2 aliphatic rings. The monoisotopic (exact) mass is 1710 g/mol. The van der Waals surface area contributed by atoms with Gasteiger partial charge in [0, 0.05) is 43.8 Å². The molecule has 0 saturated heterocycles. The van der Waals surface area contributed by atoms with Crippen molar-refractivity contribution in [1.29, 1.82) is 0 Å². The third-order valence-electron chi connectivity index (χ3n) is 25.5.